The number of rotatable bonds is 9. The average Bonchev–Trinajstić information content (AvgIpc) is 2.74. The quantitative estimate of drug-likeness (QED) is 0.340. The molecule has 1 aromatic carbocycles. The van der Waals surface area contributed by atoms with Crippen molar-refractivity contribution >= 4 is 0 Å². The van der Waals surface area contributed by atoms with Crippen LogP contribution in [0.5, 0.6) is 5.75 Å². The highest BCUT2D eigenvalue weighted by molar-refractivity contribution is 5.31. The highest BCUT2D eigenvalue weighted by Crippen LogP contribution is 2.33. The highest BCUT2D eigenvalue weighted by Gasteiger charge is 2.22. The molecule has 5 heteroatoms. The molecular formula is C23H32F2O3. The second kappa shape index (κ2) is 11.2. The van der Waals surface area contributed by atoms with Gasteiger partial charge in [0.25, 0.3) is 0 Å². The maximum absolute atomic E-state index is 14.3. The van der Waals surface area contributed by atoms with E-state index in [9.17, 15) is 8.78 Å². The van der Waals surface area contributed by atoms with Crippen LogP contribution in [0, 0.1) is 5.92 Å². The van der Waals surface area contributed by atoms with Crippen LogP contribution >= 0.6 is 0 Å². The summed E-state index contributed by atoms with van der Waals surface area (Å²) in [7, 11) is 1.31. The molecule has 2 unspecified atom stereocenters. The summed E-state index contributed by atoms with van der Waals surface area (Å²) in [4.78, 5) is 0. The van der Waals surface area contributed by atoms with Crippen LogP contribution < -0.4 is 4.74 Å². The van der Waals surface area contributed by atoms with E-state index in [0.717, 1.165) is 18.6 Å². The van der Waals surface area contributed by atoms with Gasteiger partial charge in [-0.3, -0.25) is 0 Å². The van der Waals surface area contributed by atoms with Gasteiger partial charge in [-0.15, -0.1) is 0 Å². The van der Waals surface area contributed by atoms with Crippen molar-refractivity contribution in [1.29, 1.82) is 0 Å². The summed E-state index contributed by atoms with van der Waals surface area (Å²) >= 11 is 0. The van der Waals surface area contributed by atoms with Crippen molar-refractivity contribution in [1.82, 2.24) is 0 Å². The van der Waals surface area contributed by atoms with E-state index < -0.39 is 11.7 Å². The van der Waals surface area contributed by atoms with Crippen LogP contribution in [0.15, 0.2) is 47.3 Å². The van der Waals surface area contributed by atoms with Crippen molar-refractivity contribution in [2.45, 2.75) is 59.0 Å². The Hall–Kier alpha value is -1.88. The molecule has 0 spiro atoms. The Balaban J connectivity index is 1.95. The Morgan fingerprint density at radius 3 is 2.36 bits per heavy atom. The van der Waals surface area contributed by atoms with Gasteiger partial charge in [-0.1, -0.05) is 32.4 Å². The van der Waals surface area contributed by atoms with Crippen molar-refractivity contribution in [3.05, 3.63) is 52.8 Å². The standard InChI is InChI=1S/C23H32F2O3/c1-5-7-17-8-13-21(28-14-17)19-9-11-20(12-10-19)27-15-18(6-2)23(25)22(24)16(3)26-4/h9-12,17,21H,5-8,13-15H2,1-4H3/b22-16-,23-18-. The fraction of sp³-hybridized carbons (Fsp3) is 0.565. The van der Waals surface area contributed by atoms with Crippen molar-refractivity contribution < 1.29 is 23.0 Å². The van der Waals surface area contributed by atoms with Crippen LogP contribution in [0.2, 0.25) is 0 Å². The van der Waals surface area contributed by atoms with Gasteiger partial charge >= 0.3 is 0 Å². The van der Waals surface area contributed by atoms with Crippen LogP contribution in [-0.4, -0.2) is 20.3 Å². The predicted molar refractivity (Wildman–Crippen MR) is 108 cm³/mol. The van der Waals surface area contributed by atoms with Crippen LogP contribution in [0.4, 0.5) is 8.78 Å². The SMILES string of the molecule is CCCC1CCC(c2ccc(OC/C(CC)=C(F)/C(F)=C(\C)OC)cc2)OC1. The minimum Gasteiger partial charge on any atom is -0.498 e. The minimum atomic E-state index is -0.978. The highest BCUT2D eigenvalue weighted by atomic mass is 19.2. The first kappa shape index (κ1) is 22.4. The number of ether oxygens (including phenoxy) is 3. The van der Waals surface area contributed by atoms with Crippen molar-refractivity contribution in [2.24, 2.45) is 5.92 Å². The average molecular weight is 395 g/mol. The monoisotopic (exact) mass is 394 g/mol. The first-order chi connectivity index (χ1) is 13.5. The van der Waals surface area contributed by atoms with Crippen LogP contribution in [0.1, 0.15) is 64.5 Å². The molecule has 1 fully saturated rings. The summed E-state index contributed by atoms with van der Waals surface area (Å²) in [5.74, 6) is -0.671. The molecule has 28 heavy (non-hydrogen) atoms. The van der Waals surface area contributed by atoms with Crippen molar-refractivity contribution in [3.8, 4) is 5.75 Å². The second-order valence-electron chi connectivity index (χ2n) is 7.26. The van der Waals surface area contributed by atoms with Gasteiger partial charge in [0, 0.05) is 5.57 Å². The maximum atomic E-state index is 14.3. The summed E-state index contributed by atoms with van der Waals surface area (Å²) in [6.07, 6.45) is 5.13. The molecule has 0 N–H and O–H groups in total. The van der Waals surface area contributed by atoms with Crippen molar-refractivity contribution in [2.75, 3.05) is 20.3 Å². The van der Waals surface area contributed by atoms with E-state index in [1.807, 2.05) is 24.3 Å². The van der Waals surface area contributed by atoms with Gasteiger partial charge in [-0.25, -0.2) is 8.78 Å². The van der Waals surface area contributed by atoms with Crippen LogP contribution in [0.3, 0.4) is 0 Å². The van der Waals surface area contributed by atoms with Crippen molar-refractivity contribution in [3.63, 3.8) is 0 Å². The molecule has 0 aromatic heterocycles. The molecular weight excluding hydrogens is 362 g/mol. The zero-order valence-corrected chi connectivity index (χ0v) is 17.4. The summed E-state index contributed by atoms with van der Waals surface area (Å²) in [6.45, 7) is 6.17. The number of allylic oxidation sites excluding steroid dienone is 3. The Morgan fingerprint density at radius 2 is 1.82 bits per heavy atom. The number of benzene rings is 1. The van der Waals surface area contributed by atoms with Gasteiger partial charge < -0.3 is 14.2 Å². The fourth-order valence-electron chi connectivity index (χ4n) is 3.37. The number of halogens is 2. The lowest BCUT2D eigenvalue weighted by molar-refractivity contribution is -0.0194. The topological polar surface area (TPSA) is 27.7 Å². The molecule has 1 aliphatic rings. The minimum absolute atomic E-state index is 0.00921. The third-order valence-corrected chi connectivity index (χ3v) is 5.28. The molecule has 0 bridgehead atoms. The molecule has 156 valence electrons. The first-order valence-corrected chi connectivity index (χ1v) is 10.1. The summed E-state index contributed by atoms with van der Waals surface area (Å²) in [5, 5.41) is 0. The first-order valence-electron chi connectivity index (χ1n) is 10.1. The normalized spacial score (nSPS) is 21.6. The molecule has 0 aliphatic carbocycles. The van der Waals surface area contributed by atoms with E-state index in [1.54, 1.807) is 6.92 Å². The number of hydrogen-bond acceptors (Lipinski definition) is 3. The van der Waals surface area contributed by atoms with Gasteiger partial charge in [-0.05, 0) is 56.2 Å². The second-order valence-corrected chi connectivity index (χ2v) is 7.26. The molecule has 2 rings (SSSR count). The summed E-state index contributed by atoms with van der Waals surface area (Å²) in [6, 6.07) is 7.69. The van der Waals surface area contributed by atoms with Gasteiger partial charge in [0.2, 0.25) is 0 Å². The largest absolute Gasteiger partial charge is 0.498 e. The van der Waals surface area contributed by atoms with E-state index in [-0.39, 0.29) is 24.0 Å². The van der Waals surface area contributed by atoms with Crippen LogP contribution in [0.25, 0.3) is 0 Å². The zero-order chi connectivity index (χ0) is 20.5. The lowest BCUT2D eigenvalue weighted by atomic mass is 9.92. The van der Waals surface area contributed by atoms with Gasteiger partial charge in [-0.2, -0.15) is 0 Å². The Labute approximate surface area is 167 Å². The summed E-state index contributed by atoms with van der Waals surface area (Å²) in [5.41, 5.74) is 1.39. The molecule has 0 radical (unpaired) electrons. The molecule has 1 aromatic rings. The Kier molecular flexibility index (Phi) is 8.97. The molecule has 2 atom stereocenters. The molecule has 1 saturated heterocycles. The van der Waals surface area contributed by atoms with Gasteiger partial charge in [0.05, 0.1) is 19.8 Å². The molecule has 1 aliphatic heterocycles. The van der Waals surface area contributed by atoms with Gasteiger partial charge in [0.1, 0.15) is 18.1 Å². The summed E-state index contributed by atoms with van der Waals surface area (Å²) < 4.78 is 44.6. The number of hydrogen-bond donors (Lipinski definition) is 0. The van der Waals surface area contributed by atoms with Crippen LogP contribution in [-0.2, 0) is 9.47 Å². The van der Waals surface area contributed by atoms with E-state index in [2.05, 4.69) is 6.92 Å². The van der Waals surface area contributed by atoms with E-state index in [1.165, 1.54) is 33.3 Å². The predicted octanol–water partition coefficient (Wildman–Crippen LogP) is 6.81. The Morgan fingerprint density at radius 1 is 1.11 bits per heavy atom. The third-order valence-electron chi connectivity index (χ3n) is 5.28. The number of methoxy groups -OCH3 is 1. The smallest absolute Gasteiger partial charge is 0.196 e. The molecule has 0 amide bonds. The molecule has 0 saturated carbocycles. The lowest BCUT2D eigenvalue weighted by Crippen LogP contribution is -2.20. The van der Waals surface area contributed by atoms with E-state index >= 15 is 0 Å². The lowest BCUT2D eigenvalue weighted by Gasteiger charge is -2.29. The fourth-order valence-corrected chi connectivity index (χ4v) is 3.37. The zero-order valence-electron chi connectivity index (χ0n) is 17.4. The van der Waals surface area contributed by atoms with E-state index in [0.29, 0.717) is 18.1 Å². The van der Waals surface area contributed by atoms with Gasteiger partial charge in [0.15, 0.2) is 11.7 Å². The Bertz CT molecular complexity index is 672. The maximum Gasteiger partial charge on any atom is 0.196 e. The third kappa shape index (κ3) is 6.06. The van der Waals surface area contributed by atoms with E-state index in [4.69, 9.17) is 14.2 Å². The molecule has 3 nitrogen and oxygen atoms in total. The molecule has 1 heterocycles.